The zero-order valence-electron chi connectivity index (χ0n) is 10.4. The number of hydrogen-bond acceptors (Lipinski definition) is 2. The number of epoxide rings is 1. The predicted octanol–water partition coefficient (Wildman–Crippen LogP) is 3.29. The van der Waals surface area contributed by atoms with E-state index in [9.17, 15) is 0 Å². The lowest BCUT2D eigenvalue weighted by Crippen LogP contribution is -2.02. The minimum Gasteiger partial charge on any atom is -0.379 e. The molecule has 1 saturated heterocycles. The van der Waals surface area contributed by atoms with E-state index in [0.717, 1.165) is 32.7 Å². The Morgan fingerprint density at radius 1 is 1.41 bits per heavy atom. The number of hydrogen-bond donors (Lipinski definition) is 0. The van der Waals surface area contributed by atoms with E-state index < -0.39 is 0 Å². The second-order valence-electron chi connectivity index (χ2n) is 4.43. The fraction of sp³-hybridized carbons (Fsp3) is 0.467. The summed E-state index contributed by atoms with van der Waals surface area (Å²) in [5, 5.41) is 0. The molecule has 1 heterocycles. The molecule has 1 unspecified atom stereocenters. The summed E-state index contributed by atoms with van der Waals surface area (Å²) in [4.78, 5) is 0. The molecule has 1 fully saturated rings. The maximum absolute atomic E-state index is 5.49. The second kappa shape index (κ2) is 6.58. The van der Waals surface area contributed by atoms with Gasteiger partial charge in [0.15, 0.2) is 0 Å². The molecule has 2 heteroatoms. The first-order valence-corrected chi connectivity index (χ1v) is 6.28. The smallest absolute Gasteiger partial charge is 0.104 e. The number of benzene rings is 1. The number of rotatable bonds is 7. The van der Waals surface area contributed by atoms with E-state index in [1.165, 1.54) is 11.1 Å². The molecular formula is C15H20O2. The van der Waals surface area contributed by atoms with E-state index in [-0.39, 0.29) is 0 Å². The molecule has 0 N–H and O–H groups in total. The first-order chi connectivity index (χ1) is 8.36. The highest BCUT2D eigenvalue weighted by Crippen LogP contribution is 2.14. The van der Waals surface area contributed by atoms with Crippen LogP contribution in [0, 0.1) is 0 Å². The first kappa shape index (κ1) is 12.3. The molecule has 0 aromatic heterocycles. The Hall–Kier alpha value is -1.12. The molecule has 1 atom stereocenters. The van der Waals surface area contributed by atoms with Gasteiger partial charge < -0.3 is 9.47 Å². The minimum absolute atomic E-state index is 0.386. The normalized spacial score (nSPS) is 19.4. The van der Waals surface area contributed by atoms with Gasteiger partial charge in [0.1, 0.15) is 6.10 Å². The fourth-order valence-corrected chi connectivity index (χ4v) is 1.70. The molecule has 0 saturated carbocycles. The quantitative estimate of drug-likeness (QED) is 0.531. The standard InChI is InChI=1S/C15H20O2/c1-13(14-8-3-2-4-9-14)7-5-6-10-16-11-15-12-17-15/h2-4,7-9,15H,5-6,10-12H2,1H3. The SMILES string of the molecule is CC(=CCCCOCC1CO1)c1ccccc1. The van der Waals surface area contributed by atoms with E-state index >= 15 is 0 Å². The average molecular weight is 232 g/mol. The zero-order valence-corrected chi connectivity index (χ0v) is 10.4. The summed E-state index contributed by atoms with van der Waals surface area (Å²) >= 11 is 0. The van der Waals surface area contributed by atoms with Gasteiger partial charge in [0.2, 0.25) is 0 Å². The van der Waals surface area contributed by atoms with Crippen molar-refractivity contribution in [2.24, 2.45) is 0 Å². The van der Waals surface area contributed by atoms with Crippen LogP contribution in [0.3, 0.4) is 0 Å². The molecule has 2 nitrogen and oxygen atoms in total. The number of allylic oxidation sites excluding steroid dienone is 2. The van der Waals surface area contributed by atoms with E-state index in [1.807, 2.05) is 6.07 Å². The summed E-state index contributed by atoms with van der Waals surface area (Å²) in [6.45, 7) is 4.64. The summed E-state index contributed by atoms with van der Waals surface area (Å²) in [7, 11) is 0. The van der Waals surface area contributed by atoms with Crippen LogP contribution in [0.15, 0.2) is 36.4 Å². The monoisotopic (exact) mass is 232 g/mol. The van der Waals surface area contributed by atoms with Crippen LogP contribution in [-0.2, 0) is 9.47 Å². The van der Waals surface area contributed by atoms with Crippen molar-refractivity contribution in [2.75, 3.05) is 19.8 Å². The van der Waals surface area contributed by atoms with Crippen LogP contribution < -0.4 is 0 Å². The number of ether oxygens (including phenoxy) is 2. The highest BCUT2D eigenvalue weighted by molar-refractivity contribution is 5.63. The maximum atomic E-state index is 5.49. The van der Waals surface area contributed by atoms with Crippen molar-refractivity contribution in [3.63, 3.8) is 0 Å². The van der Waals surface area contributed by atoms with Gasteiger partial charge in [-0.05, 0) is 30.9 Å². The molecule has 17 heavy (non-hydrogen) atoms. The Balaban J connectivity index is 1.62. The molecule has 0 aliphatic carbocycles. The second-order valence-corrected chi connectivity index (χ2v) is 4.43. The highest BCUT2D eigenvalue weighted by Gasteiger charge is 2.21. The van der Waals surface area contributed by atoms with Crippen molar-refractivity contribution in [3.8, 4) is 0 Å². The van der Waals surface area contributed by atoms with Crippen LogP contribution in [-0.4, -0.2) is 25.9 Å². The van der Waals surface area contributed by atoms with Crippen LogP contribution in [0.4, 0.5) is 0 Å². The topological polar surface area (TPSA) is 21.8 Å². The Morgan fingerprint density at radius 3 is 2.88 bits per heavy atom. The lowest BCUT2D eigenvalue weighted by atomic mass is 10.1. The minimum atomic E-state index is 0.386. The van der Waals surface area contributed by atoms with Crippen LogP contribution >= 0.6 is 0 Å². The molecule has 0 spiro atoms. The third-order valence-electron chi connectivity index (χ3n) is 2.88. The maximum Gasteiger partial charge on any atom is 0.104 e. The summed E-state index contributed by atoms with van der Waals surface area (Å²) in [5.41, 5.74) is 2.65. The van der Waals surface area contributed by atoms with E-state index in [0.29, 0.717) is 6.10 Å². The predicted molar refractivity (Wildman–Crippen MR) is 69.9 cm³/mol. The van der Waals surface area contributed by atoms with Crippen LogP contribution in [0.1, 0.15) is 25.3 Å². The Labute approximate surface area is 103 Å². The largest absolute Gasteiger partial charge is 0.379 e. The van der Waals surface area contributed by atoms with Gasteiger partial charge in [-0.1, -0.05) is 36.4 Å². The molecule has 0 radical (unpaired) electrons. The van der Waals surface area contributed by atoms with Crippen molar-refractivity contribution < 1.29 is 9.47 Å². The summed E-state index contributed by atoms with van der Waals surface area (Å²) in [6.07, 6.45) is 4.83. The van der Waals surface area contributed by atoms with E-state index in [2.05, 4.69) is 37.3 Å². The molecule has 0 bridgehead atoms. The molecular weight excluding hydrogens is 212 g/mol. The van der Waals surface area contributed by atoms with Gasteiger partial charge in [0.25, 0.3) is 0 Å². The van der Waals surface area contributed by atoms with Gasteiger partial charge in [-0.3, -0.25) is 0 Å². The van der Waals surface area contributed by atoms with Gasteiger partial charge in [-0.15, -0.1) is 0 Å². The van der Waals surface area contributed by atoms with Crippen molar-refractivity contribution >= 4 is 5.57 Å². The zero-order chi connectivity index (χ0) is 11.9. The van der Waals surface area contributed by atoms with Crippen LogP contribution in [0.25, 0.3) is 5.57 Å². The molecule has 0 amide bonds. The van der Waals surface area contributed by atoms with E-state index in [1.54, 1.807) is 0 Å². The van der Waals surface area contributed by atoms with E-state index in [4.69, 9.17) is 9.47 Å². The summed E-state index contributed by atoms with van der Waals surface area (Å²) in [5.74, 6) is 0. The van der Waals surface area contributed by atoms with Crippen molar-refractivity contribution in [3.05, 3.63) is 42.0 Å². The van der Waals surface area contributed by atoms with Crippen LogP contribution in [0.5, 0.6) is 0 Å². The lowest BCUT2D eigenvalue weighted by molar-refractivity contribution is 0.115. The van der Waals surface area contributed by atoms with Crippen molar-refractivity contribution in [2.45, 2.75) is 25.9 Å². The molecule has 2 rings (SSSR count). The molecule has 92 valence electrons. The average Bonchev–Trinajstić information content (AvgIpc) is 3.18. The van der Waals surface area contributed by atoms with Gasteiger partial charge >= 0.3 is 0 Å². The highest BCUT2D eigenvalue weighted by atomic mass is 16.6. The Kier molecular flexibility index (Phi) is 4.77. The third kappa shape index (κ3) is 4.72. The third-order valence-corrected chi connectivity index (χ3v) is 2.88. The molecule has 1 aliphatic heterocycles. The Morgan fingerprint density at radius 2 is 2.18 bits per heavy atom. The first-order valence-electron chi connectivity index (χ1n) is 6.28. The van der Waals surface area contributed by atoms with Gasteiger partial charge in [0.05, 0.1) is 13.2 Å². The Bertz CT molecular complexity index is 352. The summed E-state index contributed by atoms with van der Waals surface area (Å²) in [6, 6.07) is 10.5. The van der Waals surface area contributed by atoms with Crippen molar-refractivity contribution in [1.82, 2.24) is 0 Å². The molecule has 1 aliphatic rings. The van der Waals surface area contributed by atoms with Gasteiger partial charge in [0, 0.05) is 6.61 Å². The fourth-order valence-electron chi connectivity index (χ4n) is 1.70. The number of unbranched alkanes of at least 4 members (excludes halogenated alkanes) is 1. The lowest BCUT2D eigenvalue weighted by Gasteiger charge is -2.02. The molecule has 1 aromatic carbocycles. The molecule has 1 aromatic rings. The van der Waals surface area contributed by atoms with Crippen molar-refractivity contribution in [1.29, 1.82) is 0 Å². The van der Waals surface area contributed by atoms with Crippen LogP contribution in [0.2, 0.25) is 0 Å². The van der Waals surface area contributed by atoms with Gasteiger partial charge in [-0.2, -0.15) is 0 Å². The summed E-state index contributed by atoms with van der Waals surface area (Å²) < 4.78 is 10.6. The van der Waals surface area contributed by atoms with Gasteiger partial charge in [-0.25, -0.2) is 0 Å².